The molecule has 1 N–H and O–H groups in total. The van der Waals surface area contributed by atoms with E-state index in [-0.39, 0.29) is 5.82 Å². The normalized spacial score (nSPS) is 13.8. The highest BCUT2D eigenvalue weighted by atomic mass is 19.1. The Morgan fingerprint density at radius 2 is 1.90 bits per heavy atom. The highest BCUT2D eigenvalue weighted by Crippen LogP contribution is 2.35. The van der Waals surface area contributed by atoms with Gasteiger partial charge in [-0.05, 0) is 37.1 Å². The molecule has 0 bridgehead atoms. The molecule has 0 fully saturated rings. The van der Waals surface area contributed by atoms with Gasteiger partial charge in [0, 0.05) is 5.56 Å². The van der Waals surface area contributed by atoms with E-state index in [4.69, 9.17) is 4.74 Å². The molecular weight excluding hydrogens is 255 g/mol. The minimum absolute atomic E-state index is 0.366. The minimum Gasteiger partial charge on any atom is -0.493 e. The Hall–Kier alpha value is -1.87. The first kappa shape index (κ1) is 14.5. The maximum atomic E-state index is 13.4. The lowest BCUT2D eigenvalue weighted by Gasteiger charge is -2.26. The maximum absolute atomic E-state index is 13.4. The first-order chi connectivity index (χ1) is 9.55. The molecule has 1 atom stereocenters. The van der Waals surface area contributed by atoms with Crippen molar-refractivity contribution in [1.29, 1.82) is 0 Å². The third kappa shape index (κ3) is 2.99. The molecule has 2 aromatic rings. The van der Waals surface area contributed by atoms with Crippen molar-refractivity contribution in [2.75, 3.05) is 6.61 Å². The lowest BCUT2D eigenvalue weighted by atomic mass is 9.87. The van der Waals surface area contributed by atoms with E-state index >= 15 is 0 Å². The van der Waals surface area contributed by atoms with Gasteiger partial charge in [-0.15, -0.1) is 0 Å². The topological polar surface area (TPSA) is 29.5 Å². The molecular formula is C17H19FO2. The summed E-state index contributed by atoms with van der Waals surface area (Å²) in [6.07, 6.45) is 0.885. The van der Waals surface area contributed by atoms with Gasteiger partial charge in [0.05, 0.1) is 6.61 Å². The van der Waals surface area contributed by atoms with E-state index in [1.54, 1.807) is 25.1 Å². The van der Waals surface area contributed by atoms with Crippen LogP contribution >= 0.6 is 0 Å². The monoisotopic (exact) mass is 274 g/mol. The molecule has 0 spiro atoms. The van der Waals surface area contributed by atoms with Crippen LogP contribution in [0.4, 0.5) is 4.39 Å². The number of aliphatic hydroxyl groups is 1. The smallest absolute Gasteiger partial charge is 0.125 e. The van der Waals surface area contributed by atoms with Crippen LogP contribution in [-0.2, 0) is 5.60 Å². The van der Waals surface area contributed by atoms with Crippen LogP contribution in [0.25, 0.3) is 0 Å². The molecule has 3 heteroatoms. The summed E-state index contributed by atoms with van der Waals surface area (Å²) in [6.45, 7) is 4.25. The van der Waals surface area contributed by atoms with Crippen LogP contribution < -0.4 is 4.74 Å². The fourth-order valence-electron chi connectivity index (χ4n) is 2.15. The zero-order valence-corrected chi connectivity index (χ0v) is 11.8. The Labute approximate surface area is 118 Å². The van der Waals surface area contributed by atoms with Gasteiger partial charge in [0.2, 0.25) is 0 Å². The van der Waals surface area contributed by atoms with Gasteiger partial charge < -0.3 is 9.84 Å². The number of ether oxygens (including phenoxy) is 1. The van der Waals surface area contributed by atoms with Crippen molar-refractivity contribution in [1.82, 2.24) is 0 Å². The van der Waals surface area contributed by atoms with Gasteiger partial charge in [0.15, 0.2) is 0 Å². The third-order valence-corrected chi connectivity index (χ3v) is 3.26. The molecule has 0 amide bonds. The van der Waals surface area contributed by atoms with Gasteiger partial charge in [0.25, 0.3) is 0 Å². The average Bonchev–Trinajstić information content (AvgIpc) is 2.45. The standard InChI is InChI=1S/C17H19FO2/c1-3-11-20-16-10-5-4-9-15(16)17(2,19)13-7-6-8-14(18)12-13/h4-10,12,19H,3,11H2,1-2H3. The van der Waals surface area contributed by atoms with Gasteiger partial charge in [-0.3, -0.25) is 0 Å². The fourth-order valence-corrected chi connectivity index (χ4v) is 2.15. The van der Waals surface area contributed by atoms with Crippen molar-refractivity contribution in [3.8, 4) is 5.75 Å². The number of para-hydroxylation sites is 1. The molecule has 1 unspecified atom stereocenters. The third-order valence-electron chi connectivity index (χ3n) is 3.26. The summed E-state index contributed by atoms with van der Waals surface area (Å²) in [4.78, 5) is 0. The second-order valence-electron chi connectivity index (χ2n) is 4.93. The number of halogens is 1. The summed E-state index contributed by atoms with van der Waals surface area (Å²) < 4.78 is 19.0. The lowest BCUT2D eigenvalue weighted by Crippen LogP contribution is -2.24. The molecule has 0 radical (unpaired) electrons. The summed E-state index contributed by atoms with van der Waals surface area (Å²) >= 11 is 0. The zero-order valence-electron chi connectivity index (χ0n) is 11.8. The highest BCUT2D eigenvalue weighted by molar-refractivity contribution is 5.44. The molecule has 0 saturated carbocycles. The lowest BCUT2D eigenvalue weighted by molar-refractivity contribution is 0.0974. The first-order valence-corrected chi connectivity index (χ1v) is 6.76. The van der Waals surface area contributed by atoms with E-state index in [1.165, 1.54) is 12.1 Å². The number of benzene rings is 2. The predicted octanol–water partition coefficient (Wildman–Crippen LogP) is 3.87. The molecule has 106 valence electrons. The van der Waals surface area contributed by atoms with E-state index in [0.29, 0.717) is 23.5 Å². The molecule has 2 aromatic carbocycles. The summed E-state index contributed by atoms with van der Waals surface area (Å²) in [6, 6.07) is 13.3. The van der Waals surface area contributed by atoms with Crippen LogP contribution in [0.2, 0.25) is 0 Å². The van der Waals surface area contributed by atoms with E-state index in [0.717, 1.165) is 6.42 Å². The number of hydrogen-bond acceptors (Lipinski definition) is 2. The van der Waals surface area contributed by atoms with Gasteiger partial charge in [-0.2, -0.15) is 0 Å². The Morgan fingerprint density at radius 1 is 1.15 bits per heavy atom. The van der Waals surface area contributed by atoms with Crippen molar-refractivity contribution in [3.05, 3.63) is 65.5 Å². The molecule has 0 saturated heterocycles. The quantitative estimate of drug-likeness (QED) is 0.896. The molecule has 20 heavy (non-hydrogen) atoms. The second kappa shape index (κ2) is 6.06. The molecule has 2 nitrogen and oxygen atoms in total. The van der Waals surface area contributed by atoms with Crippen LogP contribution in [0.1, 0.15) is 31.4 Å². The average molecular weight is 274 g/mol. The maximum Gasteiger partial charge on any atom is 0.125 e. The highest BCUT2D eigenvalue weighted by Gasteiger charge is 2.29. The van der Waals surface area contributed by atoms with E-state index in [1.807, 2.05) is 25.1 Å². The molecule has 0 aliphatic carbocycles. The Morgan fingerprint density at radius 3 is 2.60 bits per heavy atom. The SMILES string of the molecule is CCCOc1ccccc1C(C)(O)c1cccc(F)c1. The molecule has 0 aromatic heterocycles. The number of hydrogen-bond donors (Lipinski definition) is 1. The van der Waals surface area contributed by atoms with Gasteiger partial charge in [0.1, 0.15) is 17.2 Å². The van der Waals surface area contributed by atoms with Crippen molar-refractivity contribution in [2.45, 2.75) is 25.9 Å². The Bertz CT molecular complexity index is 579. The Kier molecular flexibility index (Phi) is 4.40. The van der Waals surface area contributed by atoms with Crippen molar-refractivity contribution in [3.63, 3.8) is 0 Å². The molecule has 0 aliphatic heterocycles. The summed E-state index contributed by atoms with van der Waals surface area (Å²) in [5.41, 5.74) is -0.156. The van der Waals surface area contributed by atoms with E-state index in [2.05, 4.69) is 0 Å². The van der Waals surface area contributed by atoms with Gasteiger partial charge in [-0.1, -0.05) is 37.3 Å². The van der Waals surface area contributed by atoms with Crippen LogP contribution in [-0.4, -0.2) is 11.7 Å². The molecule has 2 rings (SSSR count). The van der Waals surface area contributed by atoms with E-state index in [9.17, 15) is 9.50 Å². The van der Waals surface area contributed by atoms with Crippen molar-refractivity contribution < 1.29 is 14.2 Å². The second-order valence-corrected chi connectivity index (χ2v) is 4.93. The molecule has 0 heterocycles. The first-order valence-electron chi connectivity index (χ1n) is 6.76. The van der Waals surface area contributed by atoms with Gasteiger partial charge >= 0.3 is 0 Å². The zero-order chi connectivity index (χ0) is 14.6. The summed E-state index contributed by atoms with van der Waals surface area (Å²) in [7, 11) is 0. The minimum atomic E-state index is -1.30. The summed E-state index contributed by atoms with van der Waals surface area (Å²) in [5, 5.41) is 10.8. The van der Waals surface area contributed by atoms with Crippen molar-refractivity contribution >= 4 is 0 Å². The number of rotatable bonds is 5. The van der Waals surface area contributed by atoms with Gasteiger partial charge in [-0.25, -0.2) is 4.39 Å². The van der Waals surface area contributed by atoms with Crippen LogP contribution in [0, 0.1) is 5.82 Å². The largest absolute Gasteiger partial charge is 0.493 e. The fraction of sp³-hybridized carbons (Fsp3) is 0.294. The van der Waals surface area contributed by atoms with Crippen LogP contribution in [0.15, 0.2) is 48.5 Å². The molecule has 0 aliphatic rings. The van der Waals surface area contributed by atoms with Crippen LogP contribution in [0.5, 0.6) is 5.75 Å². The Balaban J connectivity index is 2.43. The summed E-state index contributed by atoms with van der Waals surface area (Å²) in [5.74, 6) is 0.262. The van der Waals surface area contributed by atoms with Crippen LogP contribution in [0.3, 0.4) is 0 Å². The van der Waals surface area contributed by atoms with E-state index < -0.39 is 5.60 Å². The predicted molar refractivity (Wildman–Crippen MR) is 77.3 cm³/mol. The van der Waals surface area contributed by atoms with Crippen molar-refractivity contribution in [2.24, 2.45) is 0 Å².